The van der Waals surface area contributed by atoms with Gasteiger partial charge < -0.3 is 10.1 Å². The summed E-state index contributed by atoms with van der Waals surface area (Å²) in [4.78, 5) is 23.8. The number of rotatable bonds is 8. The predicted molar refractivity (Wildman–Crippen MR) is 83.7 cm³/mol. The van der Waals surface area contributed by atoms with E-state index in [9.17, 15) is 9.59 Å². The van der Waals surface area contributed by atoms with Crippen LogP contribution in [0.1, 0.15) is 37.6 Å². The highest BCUT2D eigenvalue weighted by Crippen LogP contribution is 2.11. The molecule has 1 aromatic rings. The van der Waals surface area contributed by atoms with E-state index < -0.39 is 0 Å². The van der Waals surface area contributed by atoms with E-state index in [1.807, 2.05) is 13.8 Å². The van der Waals surface area contributed by atoms with Crippen molar-refractivity contribution in [3.63, 3.8) is 0 Å². The van der Waals surface area contributed by atoms with Gasteiger partial charge in [-0.25, -0.2) is 0 Å². The zero-order valence-electron chi connectivity index (χ0n) is 12.7. The molecule has 4 nitrogen and oxygen atoms in total. The largest absolute Gasteiger partial charge is 0.465 e. The summed E-state index contributed by atoms with van der Waals surface area (Å²) in [5.41, 5.74) is 0.624. The molecule has 1 N–H and O–H groups in total. The van der Waals surface area contributed by atoms with Gasteiger partial charge in [0.1, 0.15) is 6.04 Å². The molecule has 0 saturated carbocycles. The fourth-order valence-electron chi connectivity index (χ4n) is 1.94. The van der Waals surface area contributed by atoms with Crippen LogP contribution in [-0.2, 0) is 9.53 Å². The van der Waals surface area contributed by atoms with E-state index >= 15 is 0 Å². The van der Waals surface area contributed by atoms with Crippen LogP contribution in [0.4, 0.5) is 0 Å². The number of nitrogens with one attached hydrogen (secondary N) is 1. The second kappa shape index (κ2) is 8.80. The summed E-state index contributed by atoms with van der Waals surface area (Å²) in [6, 6.07) is 6.41. The monoisotopic (exact) mass is 311 g/mol. The lowest BCUT2D eigenvalue weighted by Crippen LogP contribution is -2.43. The molecule has 1 rings (SSSR count). The zero-order chi connectivity index (χ0) is 15.8. The zero-order valence-corrected chi connectivity index (χ0v) is 13.4. The van der Waals surface area contributed by atoms with Gasteiger partial charge in [-0.3, -0.25) is 9.59 Å². The minimum atomic E-state index is -0.386. The maximum absolute atomic E-state index is 12.0. The maximum Gasteiger partial charge on any atom is 0.323 e. The van der Waals surface area contributed by atoms with Crippen LogP contribution in [0, 0.1) is 5.92 Å². The maximum atomic E-state index is 12.0. The standard InChI is InChI=1S/C16H22ClNO3/c1-4-21-16(20)15(11(2)3)18-10-9-14(19)12-5-7-13(17)8-6-12/h5-8,11,15,18H,4,9-10H2,1-3H3/t15-/m1/s1. The van der Waals surface area contributed by atoms with Crippen LogP contribution in [0.5, 0.6) is 0 Å². The molecule has 5 heteroatoms. The topological polar surface area (TPSA) is 55.4 Å². The highest BCUT2D eigenvalue weighted by atomic mass is 35.5. The fraction of sp³-hybridized carbons (Fsp3) is 0.500. The molecular weight excluding hydrogens is 290 g/mol. The Labute approximate surface area is 130 Å². The minimum absolute atomic E-state index is 0.0190. The van der Waals surface area contributed by atoms with E-state index in [1.165, 1.54) is 0 Å². The first-order valence-electron chi connectivity index (χ1n) is 7.14. The normalized spacial score (nSPS) is 12.2. The third-order valence-corrected chi connectivity index (χ3v) is 3.34. The quantitative estimate of drug-likeness (QED) is 0.592. The van der Waals surface area contributed by atoms with Crippen molar-refractivity contribution >= 4 is 23.4 Å². The number of halogens is 1. The van der Waals surface area contributed by atoms with Crippen molar-refractivity contribution in [1.82, 2.24) is 5.32 Å². The van der Waals surface area contributed by atoms with E-state index in [1.54, 1.807) is 31.2 Å². The molecule has 0 bridgehead atoms. The minimum Gasteiger partial charge on any atom is -0.465 e. The summed E-state index contributed by atoms with van der Waals surface area (Å²) in [6.07, 6.45) is 0.324. The number of carbonyl (C=O) groups is 2. The van der Waals surface area contributed by atoms with Gasteiger partial charge in [0, 0.05) is 23.6 Å². The number of ketones is 1. The molecule has 0 heterocycles. The van der Waals surface area contributed by atoms with Crippen molar-refractivity contribution in [2.75, 3.05) is 13.2 Å². The Hall–Kier alpha value is -1.39. The van der Waals surface area contributed by atoms with Crippen molar-refractivity contribution in [2.24, 2.45) is 5.92 Å². The Morgan fingerprint density at radius 2 is 1.86 bits per heavy atom. The van der Waals surface area contributed by atoms with Gasteiger partial charge in [0.05, 0.1) is 6.61 Å². The van der Waals surface area contributed by atoms with Crippen LogP contribution in [-0.4, -0.2) is 30.9 Å². The SMILES string of the molecule is CCOC(=O)[C@H](NCCC(=O)c1ccc(Cl)cc1)C(C)C. The van der Waals surface area contributed by atoms with Gasteiger partial charge in [-0.05, 0) is 37.1 Å². The van der Waals surface area contributed by atoms with E-state index in [4.69, 9.17) is 16.3 Å². The van der Waals surface area contributed by atoms with Crippen LogP contribution < -0.4 is 5.32 Å². The van der Waals surface area contributed by atoms with Gasteiger partial charge >= 0.3 is 5.97 Å². The van der Waals surface area contributed by atoms with Gasteiger partial charge in [0.15, 0.2) is 5.78 Å². The molecule has 0 aliphatic rings. The number of hydrogen-bond donors (Lipinski definition) is 1. The van der Waals surface area contributed by atoms with E-state index in [-0.39, 0.29) is 23.7 Å². The van der Waals surface area contributed by atoms with Crippen molar-refractivity contribution in [3.05, 3.63) is 34.9 Å². The third kappa shape index (κ3) is 5.86. The number of esters is 1. The summed E-state index contributed by atoms with van der Waals surface area (Å²) < 4.78 is 5.02. The van der Waals surface area contributed by atoms with Gasteiger partial charge in [0.25, 0.3) is 0 Å². The highest BCUT2D eigenvalue weighted by Gasteiger charge is 2.22. The summed E-state index contributed by atoms with van der Waals surface area (Å²) in [6.45, 7) is 6.45. The smallest absolute Gasteiger partial charge is 0.323 e. The Morgan fingerprint density at radius 3 is 2.38 bits per heavy atom. The molecular formula is C16H22ClNO3. The van der Waals surface area contributed by atoms with Crippen molar-refractivity contribution in [2.45, 2.75) is 33.2 Å². The molecule has 116 valence electrons. The number of hydrogen-bond acceptors (Lipinski definition) is 4. The lowest BCUT2D eigenvalue weighted by atomic mass is 10.0. The first-order valence-corrected chi connectivity index (χ1v) is 7.52. The van der Waals surface area contributed by atoms with Crippen LogP contribution >= 0.6 is 11.6 Å². The van der Waals surface area contributed by atoms with Gasteiger partial charge in [-0.2, -0.15) is 0 Å². The highest BCUT2D eigenvalue weighted by molar-refractivity contribution is 6.30. The van der Waals surface area contributed by atoms with Crippen LogP contribution in [0.25, 0.3) is 0 Å². The summed E-state index contributed by atoms with van der Waals surface area (Å²) in [5, 5.41) is 3.70. The summed E-state index contributed by atoms with van der Waals surface area (Å²) >= 11 is 5.79. The number of benzene rings is 1. The molecule has 21 heavy (non-hydrogen) atoms. The molecule has 0 aromatic heterocycles. The number of ether oxygens (including phenoxy) is 1. The summed E-state index contributed by atoms with van der Waals surface area (Å²) in [7, 11) is 0. The summed E-state index contributed by atoms with van der Waals surface area (Å²) in [5.74, 6) is -0.147. The van der Waals surface area contributed by atoms with Gasteiger partial charge in [-0.15, -0.1) is 0 Å². The third-order valence-electron chi connectivity index (χ3n) is 3.09. The molecule has 1 aromatic carbocycles. The molecule has 0 amide bonds. The molecule has 0 spiro atoms. The van der Waals surface area contributed by atoms with E-state index in [0.29, 0.717) is 30.2 Å². The number of Topliss-reactive ketones (excluding diaryl/α,β-unsaturated/α-hetero) is 1. The molecule has 0 radical (unpaired) electrons. The number of carbonyl (C=O) groups excluding carboxylic acids is 2. The van der Waals surface area contributed by atoms with Crippen LogP contribution in [0.3, 0.4) is 0 Å². The average Bonchev–Trinajstić information content (AvgIpc) is 2.43. The van der Waals surface area contributed by atoms with Crippen molar-refractivity contribution in [1.29, 1.82) is 0 Å². The van der Waals surface area contributed by atoms with Crippen molar-refractivity contribution < 1.29 is 14.3 Å². The molecule has 0 unspecified atom stereocenters. The van der Waals surface area contributed by atoms with Crippen LogP contribution in [0.2, 0.25) is 5.02 Å². The second-order valence-corrected chi connectivity index (χ2v) is 5.54. The van der Waals surface area contributed by atoms with Gasteiger partial charge in [0.2, 0.25) is 0 Å². The lowest BCUT2D eigenvalue weighted by molar-refractivity contribution is -0.146. The molecule has 0 aliphatic carbocycles. The molecule has 1 atom stereocenters. The van der Waals surface area contributed by atoms with E-state index in [0.717, 1.165) is 0 Å². The van der Waals surface area contributed by atoms with E-state index in [2.05, 4.69) is 5.32 Å². The van der Waals surface area contributed by atoms with Gasteiger partial charge in [-0.1, -0.05) is 25.4 Å². The first kappa shape index (κ1) is 17.7. The fourth-order valence-corrected chi connectivity index (χ4v) is 2.07. The average molecular weight is 312 g/mol. The van der Waals surface area contributed by atoms with Crippen molar-refractivity contribution in [3.8, 4) is 0 Å². The Bertz CT molecular complexity index is 471. The van der Waals surface area contributed by atoms with Crippen LogP contribution in [0.15, 0.2) is 24.3 Å². The Morgan fingerprint density at radius 1 is 1.24 bits per heavy atom. The molecule has 0 aliphatic heterocycles. The molecule has 0 saturated heterocycles. The Balaban J connectivity index is 2.48. The molecule has 0 fully saturated rings. The Kier molecular flexibility index (Phi) is 7.40. The second-order valence-electron chi connectivity index (χ2n) is 5.11. The first-order chi connectivity index (χ1) is 9.95. The lowest BCUT2D eigenvalue weighted by Gasteiger charge is -2.20. The predicted octanol–water partition coefficient (Wildman–Crippen LogP) is 3.09.